The molecule has 1 saturated heterocycles. The van der Waals surface area contributed by atoms with E-state index in [1.807, 2.05) is 29.2 Å². The molecule has 5 heteroatoms. The molecule has 0 atom stereocenters. The van der Waals surface area contributed by atoms with Crippen LogP contribution in [0.5, 0.6) is 5.75 Å². The van der Waals surface area contributed by atoms with Crippen molar-refractivity contribution in [3.05, 3.63) is 64.7 Å². The number of ether oxygens (including phenoxy) is 1. The van der Waals surface area contributed by atoms with Crippen molar-refractivity contribution in [2.75, 3.05) is 32.8 Å². The van der Waals surface area contributed by atoms with Crippen LogP contribution in [0.15, 0.2) is 42.5 Å². The van der Waals surface area contributed by atoms with Gasteiger partial charge in [0.2, 0.25) is 5.91 Å². The monoisotopic (exact) mass is 405 g/mol. The van der Waals surface area contributed by atoms with E-state index in [1.165, 1.54) is 11.1 Å². The average Bonchev–Trinajstić information content (AvgIpc) is 2.76. The Kier molecular flexibility index (Phi) is 7.87. The number of carbonyl (C=O) groups is 1. The average molecular weight is 406 g/mol. The molecule has 2 aromatic rings. The van der Waals surface area contributed by atoms with Gasteiger partial charge in [0.1, 0.15) is 5.75 Å². The molecule has 1 aliphatic heterocycles. The van der Waals surface area contributed by atoms with E-state index in [0.717, 1.165) is 56.9 Å². The first kappa shape index (κ1) is 21.9. The van der Waals surface area contributed by atoms with Crippen LogP contribution >= 0.6 is 0 Å². The van der Waals surface area contributed by atoms with E-state index in [4.69, 9.17) is 10.00 Å². The van der Waals surface area contributed by atoms with E-state index in [-0.39, 0.29) is 5.91 Å². The second kappa shape index (κ2) is 10.8. The van der Waals surface area contributed by atoms with Gasteiger partial charge in [-0.05, 0) is 61.6 Å². The van der Waals surface area contributed by atoms with Crippen molar-refractivity contribution >= 4 is 5.91 Å². The van der Waals surface area contributed by atoms with Crippen molar-refractivity contribution in [3.63, 3.8) is 0 Å². The fourth-order valence-corrected chi connectivity index (χ4v) is 3.68. The molecule has 2 aromatic carbocycles. The molecule has 1 amide bonds. The lowest BCUT2D eigenvalue weighted by atomic mass is 10.1. The molecule has 0 saturated carbocycles. The van der Waals surface area contributed by atoms with Crippen molar-refractivity contribution in [3.8, 4) is 11.8 Å². The maximum Gasteiger partial charge on any atom is 0.222 e. The summed E-state index contributed by atoms with van der Waals surface area (Å²) in [5.41, 5.74) is 4.24. The molecule has 158 valence electrons. The minimum absolute atomic E-state index is 0.250. The SMILES string of the molecule is Cc1ccc(C)c(OCCCCC(=O)N2CCN(Cc3ccc(C#N)cc3)CC2)c1. The van der Waals surface area contributed by atoms with Crippen LogP contribution in [-0.2, 0) is 11.3 Å². The Balaban J connectivity index is 1.32. The summed E-state index contributed by atoms with van der Waals surface area (Å²) in [6.07, 6.45) is 2.33. The van der Waals surface area contributed by atoms with Crippen molar-refractivity contribution in [2.45, 2.75) is 39.7 Å². The number of hydrogen-bond acceptors (Lipinski definition) is 4. The Morgan fingerprint density at radius 1 is 1.03 bits per heavy atom. The predicted octanol–water partition coefficient (Wildman–Crippen LogP) is 4.07. The number of unbranched alkanes of at least 4 members (excludes halogenated alkanes) is 1. The van der Waals surface area contributed by atoms with Crippen molar-refractivity contribution in [2.24, 2.45) is 0 Å². The first-order chi connectivity index (χ1) is 14.5. The fraction of sp³-hybridized carbons (Fsp3) is 0.440. The Morgan fingerprint density at radius 2 is 1.77 bits per heavy atom. The van der Waals surface area contributed by atoms with Gasteiger partial charge in [-0.1, -0.05) is 24.3 Å². The van der Waals surface area contributed by atoms with E-state index in [0.29, 0.717) is 18.6 Å². The zero-order valence-corrected chi connectivity index (χ0v) is 18.1. The summed E-state index contributed by atoms with van der Waals surface area (Å²) in [6.45, 7) is 8.99. The summed E-state index contributed by atoms with van der Waals surface area (Å²) in [5.74, 6) is 1.19. The van der Waals surface area contributed by atoms with Gasteiger partial charge in [0.25, 0.3) is 0 Å². The molecule has 30 heavy (non-hydrogen) atoms. The number of rotatable bonds is 8. The molecule has 0 bridgehead atoms. The fourth-order valence-electron chi connectivity index (χ4n) is 3.68. The summed E-state index contributed by atoms with van der Waals surface area (Å²) in [7, 11) is 0. The molecule has 0 radical (unpaired) electrons. The van der Waals surface area contributed by atoms with Gasteiger partial charge in [-0.3, -0.25) is 9.69 Å². The standard InChI is InChI=1S/C25H31N3O2/c1-20-6-7-21(2)24(17-20)30-16-4-3-5-25(29)28-14-12-27(13-15-28)19-23-10-8-22(18-26)9-11-23/h6-11,17H,3-5,12-16,19H2,1-2H3. The van der Waals surface area contributed by atoms with E-state index >= 15 is 0 Å². The molecule has 0 N–H and O–H groups in total. The van der Waals surface area contributed by atoms with E-state index in [1.54, 1.807) is 0 Å². The third-order valence-corrected chi connectivity index (χ3v) is 5.60. The Bertz CT molecular complexity index is 878. The molecule has 1 heterocycles. The number of benzene rings is 2. The van der Waals surface area contributed by atoms with Crippen molar-refractivity contribution in [1.82, 2.24) is 9.80 Å². The molecule has 1 aliphatic rings. The Morgan fingerprint density at radius 3 is 2.47 bits per heavy atom. The van der Waals surface area contributed by atoms with Crippen LogP contribution in [0.1, 0.15) is 41.5 Å². The second-order valence-electron chi connectivity index (χ2n) is 8.04. The van der Waals surface area contributed by atoms with Gasteiger partial charge in [0, 0.05) is 39.1 Å². The summed E-state index contributed by atoms with van der Waals surface area (Å²) in [5, 5.41) is 8.89. The Hall–Kier alpha value is -2.84. The topological polar surface area (TPSA) is 56.6 Å². The number of amides is 1. The van der Waals surface area contributed by atoms with E-state index in [2.05, 4.69) is 43.0 Å². The number of piperazine rings is 1. The maximum atomic E-state index is 12.5. The molecule has 1 fully saturated rings. The first-order valence-corrected chi connectivity index (χ1v) is 10.7. The van der Waals surface area contributed by atoms with Crippen molar-refractivity contribution < 1.29 is 9.53 Å². The van der Waals surface area contributed by atoms with Crippen molar-refractivity contribution in [1.29, 1.82) is 5.26 Å². The Labute approximate surface area is 179 Å². The van der Waals surface area contributed by atoms with Crippen LogP contribution < -0.4 is 4.74 Å². The summed E-state index contributed by atoms with van der Waals surface area (Å²) in [6, 6.07) is 16.1. The van der Waals surface area contributed by atoms with Crippen LogP contribution in [-0.4, -0.2) is 48.5 Å². The van der Waals surface area contributed by atoms with Crippen LogP contribution in [0.25, 0.3) is 0 Å². The highest BCUT2D eigenvalue weighted by Gasteiger charge is 2.20. The number of nitriles is 1. The lowest BCUT2D eigenvalue weighted by Crippen LogP contribution is -2.48. The minimum Gasteiger partial charge on any atom is -0.493 e. The van der Waals surface area contributed by atoms with Crippen LogP contribution in [0.3, 0.4) is 0 Å². The molecule has 0 unspecified atom stereocenters. The van der Waals surface area contributed by atoms with E-state index in [9.17, 15) is 4.79 Å². The molecular formula is C25H31N3O2. The third-order valence-electron chi connectivity index (χ3n) is 5.60. The normalized spacial score (nSPS) is 14.4. The van der Waals surface area contributed by atoms with Crippen LogP contribution in [0.4, 0.5) is 0 Å². The number of nitrogens with zero attached hydrogens (tertiary/aromatic N) is 3. The molecule has 3 rings (SSSR count). The first-order valence-electron chi connectivity index (χ1n) is 10.7. The van der Waals surface area contributed by atoms with Crippen LogP contribution in [0.2, 0.25) is 0 Å². The van der Waals surface area contributed by atoms with Gasteiger partial charge in [0.05, 0.1) is 18.2 Å². The second-order valence-corrected chi connectivity index (χ2v) is 8.04. The van der Waals surface area contributed by atoms with E-state index < -0.39 is 0 Å². The van der Waals surface area contributed by atoms with Gasteiger partial charge in [-0.25, -0.2) is 0 Å². The van der Waals surface area contributed by atoms with Gasteiger partial charge in [-0.15, -0.1) is 0 Å². The van der Waals surface area contributed by atoms with Gasteiger partial charge >= 0.3 is 0 Å². The minimum atomic E-state index is 0.250. The zero-order chi connectivity index (χ0) is 21.3. The highest BCUT2D eigenvalue weighted by molar-refractivity contribution is 5.76. The quantitative estimate of drug-likeness (QED) is 0.621. The third kappa shape index (κ3) is 6.33. The number of hydrogen-bond donors (Lipinski definition) is 0. The molecule has 0 aliphatic carbocycles. The van der Waals surface area contributed by atoms with Gasteiger partial charge in [-0.2, -0.15) is 5.26 Å². The number of aryl methyl sites for hydroxylation is 2. The predicted molar refractivity (Wildman–Crippen MR) is 118 cm³/mol. The molecule has 5 nitrogen and oxygen atoms in total. The number of carbonyl (C=O) groups excluding carboxylic acids is 1. The maximum absolute atomic E-state index is 12.5. The van der Waals surface area contributed by atoms with Gasteiger partial charge < -0.3 is 9.64 Å². The van der Waals surface area contributed by atoms with Crippen LogP contribution in [0, 0.1) is 25.2 Å². The largest absolute Gasteiger partial charge is 0.493 e. The molecule has 0 spiro atoms. The lowest BCUT2D eigenvalue weighted by molar-refractivity contribution is -0.133. The lowest BCUT2D eigenvalue weighted by Gasteiger charge is -2.34. The summed E-state index contributed by atoms with van der Waals surface area (Å²) in [4.78, 5) is 16.9. The summed E-state index contributed by atoms with van der Waals surface area (Å²) < 4.78 is 5.88. The molecular weight excluding hydrogens is 374 g/mol. The van der Waals surface area contributed by atoms with Gasteiger partial charge in [0.15, 0.2) is 0 Å². The smallest absolute Gasteiger partial charge is 0.222 e. The highest BCUT2D eigenvalue weighted by atomic mass is 16.5. The molecule has 0 aromatic heterocycles. The zero-order valence-electron chi connectivity index (χ0n) is 18.1. The highest BCUT2D eigenvalue weighted by Crippen LogP contribution is 2.19. The summed E-state index contributed by atoms with van der Waals surface area (Å²) >= 11 is 0.